The summed E-state index contributed by atoms with van der Waals surface area (Å²) in [6.07, 6.45) is -0.190. The van der Waals surface area contributed by atoms with Crippen molar-refractivity contribution in [3.8, 4) is 28.2 Å². The number of fused-ring (bicyclic) bond motifs is 2. The van der Waals surface area contributed by atoms with Crippen molar-refractivity contribution in [2.45, 2.75) is 83.4 Å². The zero-order chi connectivity index (χ0) is 65.0. The van der Waals surface area contributed by atoms with Gasteiger partial charge in [-0.2, -0.15) is 25.3 Å². The number of carbonyl (C=O) groups excluding carboxylic acids is 2. The van der Waals surface area contributed by atoms with Crippen LogP contribution in [0.15, 0.2) is 73.7 Å². The first-order valence-electron chi connectivity index (χ1n) is 27.7. The van der Waals surface area contributed by atoms with E-state index in [1.807, 2.05) is 0 Å². The lowest BCUT2D eigenvalue weighted by Gasteiger charge is -2.20. The van der Waals surface area contributed by atoms with Gasteiger partial charge in [-0.25, -0.2) is 4.79 Å². The highest BCUT2D eigenvalue weighted by Crippen LogP contribution is 2.46. The van der Waals surface area contributed by atoms with Gasteiger partial charge in [0.15, 0.2) is 26.9 Å². The molecular weight excluding hydrogens is 1230 g/mol. The fourth-order valence-corrected chi connectivity index (χ4v) is 10.8. The zero-order valence-electron chi connectivity index (χ0n) is 49.9. The van der Waals surface area contributed by atoms with Crippen molar-refractivity contribution in [1.29, 1.82) is 5.41 Å². The Bertz CT molecular complexity index is 3290. The van der Waals surface area contributed by atoms with Crippen LogP contribution >= 0.6 is 23.2 Å². The van der Waals surface area contributed by atoms with Crippen LogP contribution in [-0.2, 0) is 54.1 Å². The van der Waals surface area contributed by atoms with Crippen LogP contribution < -0.4 is 21.1 Å². The molecule has 5 rings (SSSR count). The average Bonchev–Trinajstić information content (AvgIpc) is 0.755. The third-order valence-electron chi connectivity index (χ3n) is 12.9. The van der Waals surface area contributed by atoms with Gasteiger partial charge in [-0.3, -0.25) is 28.7 Å². The third kappa shape index (κ3) is 24.3. The van der Waals surface area contributed by atoms with Gasteiger partial charge in [-0.15, -0.1) is 0 Å². The summed E-state index contributed by atoms with van der Waals surface area (Å²) in [6, 6.07) is 9.72. The van der Waals surface area contributed by atoms with Crippen molar-refractivity contribution in [3.05, 3.63) is 81.1 Å². The molecule has 2 aliphatic rings. The number of hydrogen-bond acceptors (Lipinski definition) is 20. The Morgan fingerprint density at radius 2 is 1.03 bits per heavy atom. The minimum atomic E-state index is -5.22. The quantitative estimate of drug-likeness (QED) is 0.00554. The van der Waals surface area contributed by atoms with Crippen molar-refractivity contribution in [2.75, 3.05) is 124 Å². The molecule has 0 fully saturated rings. The third-order valence-corrected chi connectivity index (χ3v) is 16.2. The first kappa shape index (κ1) is 76.7. The van der Waals surface area contributed by atoms with Gasteiger partial charge in [0.25, 0.3) is 36.3 Å². The van der Waals surface area contributed by atoms with E-state index >= 15 is 0 Å². The van der Waals surface area contributed by atoms with Gasteiger partial charge in [-0.1, -0.05) is 91.6 Å². The summed E-state index contributed by atoms with van der Waals surface area (Å²) >= 11 is 11.8. The number of nitrogens with one attached hydrogen (secondary N) is 2. The summed E-state index contributed by atoms with van der Waals surface area (Å²) in [6.45, 7) is 31.4. The molecule has 0 spiro atoms. The van der Waals surface area contributed by atoms with E-state index in [-0.39, 0.29) is 109 Å². The van der Waals surface area contributed by atoms with E-state index in [2.05, 4.69) is 82.3 Å². The second kappa shape index (κ2) is 38.1. The van der Waals surface area contributed by atoms with Crippen LogP contribution in [0, 0.1) is 5.41 Å². The standard InChI is InChI=1S/C38H37Cl2N3O19S3.3C6H15N/c39-26-18-21(63(48,49)50)19-27(40)34(26)61-30(44)7-9-57-11-13-59-15-16-60-14-12-58-10-8-43-37(45)20-1-2-22(25(17-20)38(46)47)31-23-3-5-28(41)35(64(51,52)53)32(23)62-33-24(31)4-6-29(42)36(33)65(54,55)56;3*1-4-7(5-2)6-3/h1-6,17-19,41H,7-16,42H2,(H,43,45)(H,46,47)(H,48,49,50)(H,51,52,53)(H,54,55,56);3*4-6H2,1-3H3. The number of ether oxygens (including phenoxy) is 5. The van der Waals surface area contributed by atoms with Gasteiger partial charge >= 0.3 is 11.9 Å². The monoisotopic (exact) mass is 1310 g/mol. The molecule has 0 radical (unpaired) electrons. The lowest BCUT2D eigenvalue weighted by Crippen LogP contribution is -2.28. The van der Waals surface area contributed by atoms with E-state index in [4.69, 9.17) is 67.0 Å². The second-order valence-corrected chi connectivity index (χ2v) is 23.1. The fraction of sp³-hybridized carbons (Fsp3) is 0.500. The number of anilines is 1. The number of halogens is 2. The summed E-state index contributed by atoms with van der Waals surface area (Å²) in [5.74, 6) is -4.04. The maximum absolute atomic E-state index is 13.1. The Hall–Kier alpha value is -5.41. The Morgan fingerprint density at radius 3 is 1.45 bits per heavy atom. The van der Waals surface area contributed by atoms with Crippen molar-refractivity contribution < 1.29 is 86.5 Å². The average molecular weight is 1310 g/mol. The van der Waals surface area contributed by atoms with Crippen LogP contribution in [0.3, 0.4) is 0 Å². The van der Waals surface area contributed by atoms with E-state index in [0.717, 1.165) is 30.3 Å². The van der Waals surface area contributed by atoms with Gasteiger partial charge in [0.2, 0.25) is 0 Å². The molecule has 1 aliphatic carbocycles. The van der Waals surface area contributed by atoms with E-state index in [1.54, 1.807) is 0 Å². The molecule has 0 saturated carbocycles. The summed E-state index contributed by atoms with van der Waals surface area (Å²) in [4.78, 5) is 42.3. The van der Waals surface area contributed by atoms with E-state index in [0.29, 0.717) is 0 Å². The minimum absolute atomic E-state index is 0.00136. The molecule has 0 atom stereocenters. The molecule has 25 nitrogen and oxygen atoms in total. The van der Waals surface area contributed by atoms with Crippen LogP contribution in [-0.4, -0.2) is 195 Å². The molecular formula is C56H82Cl2N6O19S3. The van der Waals surface area contributed by atoms with Crippen LogP contribution in [0.4, 0.5) is 5.69 Å². The van der Waals surface area contributed by atoms with Crippen LogP contribution in [0.2, 0.25) is 10.0 Å². The maximum Gasteiger partial charge on any atom is 0.336 e. The first-order valence-corrected chi connectivity index (χ1v) is 32.7. The summed E-state index contributed by atoms with van der Waals surface area (Å²) in [5, 5.41) is 19.5. The van der Waals surface area contributed by atoms with Crippen molar-refractivity contribution in [3.63, 3.8) is 0 Å². The van der Waals surface area contributed by atoms with E-state index in [9.17, 15) is 53.8 Å². The highest BCUT2D eigenvalue weighted by molar-refractivity contribution is 7.86. The molecule has 3 aromatic rings. The number of carbonyl (C=O) groups is 3. The number of rotatable bonds is 31. The van der Waals surface area contributed by atoms with Gasteiger partial charge < -0.3 is 59.0 Å². The number of nitrogens with zero attached hydrogens (tertiary/aromatic N) is 3. The summed E-state index contributed by atoms with van der Waals surface area (Å²) in [5.41, 5.74) is 3.47. The zero-order valence-corrected chi connectivity index (χ0v) is 53.9. The Balaban J connectivity index is 0.00000102. The molecule has 0 bridgehead atoms. The molecule has 8 N–H and O–H groups in total. The molecule has 0 saturated heterocycles. The van der Waals surface area contributed by atoms with E-state index in [1.165, 1.54) is 83.2 Å². The van der Waals surface area contributed by atoms with Gasteiger partial charge in [0.05, 0.1) is 90.8 Å². The van der Waals surface area contributed by atoms with Crippen molar-refractivity contribution >= 4 is 88.1 Å². The van der Waals surface area contributed by atoms with Gasteiger partial charge in [0, 0.05) is 28.6 Å². The summed E-state index contributed by atoms with van der Waals surface area (Å²) < 4.78 is 134. The number of carboxylic acid groups (broad SMARTS) is 1. The molecule has 3 aromatic carbocycles. The number of nitrogens with two attached hydrogens (primary N) is 1. The highest BCUT2D eigenvalue weighted by Gasteiger charge is 2.32. The number of benzene rings is 4. The molecule has 1 amide bonds. The normalized spacial score (nSPS) is 11.7. The largest absolute Gasteiger partial charge is 0.478 e. The van der Waals surface area contributed by atoms with Crippen molar-refractivity contribution in [1.82, 2.24) is 20.0 Å². The predicted octanol–water partition coefficient (Wildman–Crippen LogP) is 7.85. The lowest BCUT2D eigenvalue weighted by molar-refractivity contribution is -0.135. The smallest absolute Gasteiger partial charge is 0.336 e. The number of nitrogen functional groups attached to an aromatic ring is 1. The number of hydrogen-bond donors (Lipinski definition) is 7. The van der Waals surface area contributed by atoms with Crippen LogP contribution in [0.5, 0.6) is 5.75 Å². The molecule has 1 heterocycles. The van der Waals surface area contributed by atoms with Crippen molar-refractivity contribution in [2.24, 2.45) is 0 Å². The predicted molar refractivity (Wildman–Crippen MR) is 328 cm³/mol. The van der Waals surface area contributed by atoms with E-state index < -0.39 is 90.8 Å². The second-order valence-electron chi connectivity index (χ2n) is 18.2. The lowest BCUT2D eigenvalue weighted by atomic mass is 9.89. The Morgan fingerprint density at radius 1 is 0.593 bits per heavy atom. The molecule has 30 heteroatoms. The summed E-state index contributed by atoms with van der Waals surface area (Å²) in [7, 11) is -15.0. The van der Waals surface area contributed by atoms with Crippen LogP contribution in [0.25, 0.3) is 33.4 Å². The molecule has 0 unspecified atom stereocenters. The minimum Gasteiger partial charge on any atom is -0.478 e. The first-order chi connectivity index (χ1) is 40.5. The number of esters is 1. The molecule has 482 valence electrons. The Labute approximate surface area is 514 Å². The SMILES string of the molecule is CCN(CC)CC.CCN(CC)CC.CCN(CC)CC.N=c1ccc2c(-c3ccc(C(=O)NCCOCCOCCOCCOCCC(=O)Oc4c(Cl)cc(S(=O)(=O)O)cc4Cl)cc3C(=O)O)c3ccc(N)c(S(=O)(=O)O)c3oc-2c1S(=O)(=O)O. The molecule has 0 aromatic heterocycles. The highest BCUT2D eigenvalue weighted by atomic mass is 35.5. The molecule has 1 aliphatic heterocycles. The van der Waals surface area contributed by atoms with Crippen LogP contribution in [0.1, 0.15) is 89.5 Å². The van der Waals surface area contributed by atoms with Gasteiger partial charge in [-0.05, 0) is 113 Å². The topological polar surface area (TPSA) is 365 Å². The number of aromatic carboxylic acids is 1. The van der Waals surface area contributed by atoms with Gasteiger partial charge in [0.1, 0.15) is 0 Å². The fourth-order valence-electron chi connectivity index (χ4n) is 8.09. The number of amides is 1. The number of carboxylic acids is 1. The Kier molecular flexibility index (Phi) is 34.0. The maximum atomic E-state index is 13.1. The molecule has 86 heavy (non-hydrogen) atoms.